The molecule has 0 atom stereocenters. The number of imidazole rings is 1. The Morgan fingerprint density at radius 1 is 0.977 bits per heavy atom. The van der Waals surface area contributed by atoms with E-state index in [1.807, 2.05) is 32.9 Å². The van der Waals surface area contributed by atoms with E-state index in [9.17, 15) is 17.6 Å². The third-order valence-electron chi connectivity index (χ3n) is 7.04. The average molecular weight is 613 g/mol. The third-order valence-corrected chi connectivity index (χ3v) is 7.98. The first kappa shape index (κ1) is 29.1. The summed E-state index contributed by atoms with van der Waals surface area (Å²) < 4.78 is 37.9. The number of sulfone groups is 1. The van der Waals surface area contributed by atoms with Crippen molar-refractivity contribution >= 4 is 43.4 Å². The average Bonchev–Trinajstić information content (AvgIpc) is 3.59. The van der Waals surface area contributed by atoms with Crippen LogP contribution in [0, 0.1) is 11.2 Å². The summed E-state index contributed by atoms with van der Waals surface area (Å²) in [7, 11) is -3.21. The molecule has 0 aliphatic carbocycles. The number of H-pyrrole nitrogens is 2. The number of halogens is 1. The van der Waals surface area contributed by atoms with Crippen molar-refractivity contribution in [2.75, 3.05) is 17.3 Å². The number of carbonyl (C=O) groups is 1. The standard InChI is InChI=1S/C31H29FN8O3S/c1-31(2,3)30(41)36-21-12-19(14-33-15-21)24-13-22-25(16-35-24)39-40-27(22)29-37-23-5-7-34-26(28(23)38-29)18-9-17(10-20(32)11-18)6-8-44(4,42)43/h5,7,9-16H,6,8H2,1-4H3,(H,36,41)(H,37,38)(H,39,40). The second kappa shape index (κ2) is 10.9. The van der Waals surface area contributed by atoms with Crippen LogP contribution >= 0.6 is 0 Å². The summed E-state index contributed by atoms with van der Waals surface area (Å²) in [5.74, 6) is -0.236. The van der Waals surface area contributed by atoms with Crippen molar-refractivity contribution in [1.29, 1.82) is 0 Å². The first-order valence-corrected chi connectivity index (χ1v) is 15.8. The smallest absolute Gasteiger partial charge is 0.229 e. The third kappa shape index (κ3) is 6.04. The largest absolute Gasteiger partial charge is 0.336 e. The maximum atomic E-state index is 14.6. The molecule has 1 amide bonds. The second-order valence-corrected chi connectivity index (χ2v) is 14.0. The molecule has 1 aromatic carbocycles. The molecule has 11 nitrogen and oxygen atoms in total. The Hall–Kier alpha value is -5.04. The van der Waals surface area contributed by atoms with Gasteiger partial charge in [0, 0.05) is 40.6 Å². The van der Waals surface area contributed by atoms with Gasteiger partial charge in [0.15, 0.2) is 5.82 Å². The molecule has 0 aliphatic rings. The summed E-state index contributed by atoms with van der Waals surface area (Å²) in [6.07, 6.45) is 7.86. The zero-order chi connectivity index (χ0) is 31.2. The summed E-state index contributed by atoms with van der Waals surface area (Å²) >= 11 is 0. The van der Waals surface area contributed by atoms with Crippen molar-refractivity contribution in [3.8, 4) is 34.0 Å². The second-order valence-electron chi connectivity index (χ2n) is 11.7. The predicted octanol–water partition coefficient (Wildman–Crippen LogP) is 5.34. The molecule has 0 fully saturated rings. The number of amides is 1. The Kier molecular flexibility index (Phi) is 7.20. The fraction of sp³-hybridized carbons (Fsp3) is 0.226. The van der Waals surface area contributed by atoms with Gasteiger partial charge in [-0.15, -0.1) is 0 Å². The van der Waals surface area contributed by atoms with Gasteiger partial charge < -0.3 is 10.3 Å². The van der Waals surface area contributed by atoms with E-state index in [-0.39, 0.29) is 18.1 Å². The number of aromatic nitrogens is 7. The topological polar surface area (TPSA) is 159 Å². The molecule has 0 bridgehead atoms. The quantitative estimate of drug-likeness (QED) is 0.218. The Labute approximate surface area is 252 Å². The Balaban J connectivity index is 1.37. The maximum Gasteiger partial charge on any atom is 0.229 e. The Morgan fingerprint density at radius 2 is 1.80 bits per heavy atom. The molecule has 5 aromatic heterocycles. The first-order valence-electron chi connectivity index (χ1n) is 13.8. The highest BCUT2D eigenvalue weighted by Gasteiger charge is 2.22. The van der Waals surface area contributed by atoms with E-state index in [0.29, 0.717) is 61.8 Å². The van der Waals surface area contributed by atoms with Crippen LogP contribution in [-0.4, -0.2) is 61.5 Å². The van der Waals surface area contributed by atoms with Crippen LogP contribution in [0.2, 0.25) is 0 Å². The fourth-order valence-corrected chi connectivity index (χ4v) is 5.32. The zero-order valence-corrected chi connectivity index (χ0v) is 25.3. The van der Waals surface area contributed by atoms with Crippen LogP contribution in [0.3, 0.4) is 0 Å². The van der Waals surface area contributed by atoms with E-state index in [0.717, 1.165) is 11.6 Å². The molecular formula is C31H29FN8O3S. The monoisotopic (exact) mass is 612 g/mol. The van der Waals surface area contributed by atoms with E-state index in [4.69, 9.17) is 4.98 Å². The van der Waals surface area contributed by atoms with Crippen LogP contribution in [0.1, 0.15) is 26.3 Å². The molecule has 224 valence electrons. The Morgan fingerprint density at radius 3 is 2.57 bits per heavy atom. The molecule has 13 heteroatoms. The van der Waals surface area contributed by atoms with E-state index >= 15 is 0 Å². The highest BCUT2D eigenvalue weighted by molar-refractivity contribution is 7.90. The SMILES string of the molecule is CC(C)(C)C(=O)Nc1cncc(-c2cc3c(-c4nc5c(-c6cc(F)cc(CCS(C)(=O)=O)c6)nccc5[nH]4)n[nH]c3cn2)c1. The molecule has 6 rings (SSSR count). The van der Waals surface area contributed by atoms with Gasteiger partial charge in [-0.2, -0.15) is 5.10 Å². The van der Waals surface area contributed by atoms with Crippen LogP contribution in [0.4, 0.5) is 10.1 Å². The zero-order valence-electron chi connectivity index (χ0n) is 24.4. The lowest BCUT2D eigenvalue weighted by Crippen LogP contribution is -2.27. The number of aromatic amines is 2. The fourth-order valence-electron chi connectivity index (χ4n) is 4.72. The molecule has 6 aromatic rings. The van der Waals surface area contributed by atoms with Gasteiger partial charge in [0.1, 0.15) is 26.9 Å². The van der Waals surface area contributed by atoms with E-state index < -0.39 is 21.1 Å². The van der Waals surface area contributed by atoms with Gasteiger partial charge in [0.05, 0.1) is 46.3 Å². The number of hydrogen-bond acceptors (Lipinski definition) is 8. The summed E-state index contributed by atoms with van der Waals surface area (Å²) in [5.41, 5.74) is 5.24. The highest BCUT2D eigenvalue weighted by atomic mass is 32.2. The molecule has 3 N–H and O–H groups in total. The van der Waals surface area contributed by atoms with Crippen LogP contribution in [0.5, 0.6) is 0 Å². The van der Waals surface area contributed by atoms with Crippen molar-refractivity contribution < 1.29 is 17.6 Å². The minimum atomic E-state index is -3.21. The van der Waals surface area contributed by atoms with Crippen molar-refractivity contribution in [2.24, 2.45) is 5.41 Å². The van der Waals surface area contributed by atoms with Gasteiger partial charge in [0.2, 0.25) is 5.91 Å². The Bertz CT molecular complexity index is 2170. The first-order chi connectivity index (χ1) is 20.8. The van der Waals surface area contributed by atoms with Crippen molar-refractivity contribution in [1.82, 2.24) is 35.1 Å². The molecule has 5 heterocycles. The van der Waals surface area contributed by atoms with Gasteiger partial charge in [-0.05, 0) is 48.4 Å². The minimum absolute atomic E-state index is 0.0882. The number of nitrogens with one attached hydrogen (secondary N) is 3. The number of nitrogens with zero attached hydrogens (tertiary/aromatic N) is 5. The molecule has 44 heavy (non-hydrogen) atoms. The number of benzene rings is 1. The number of pyridine rings is 3. The molecule has 0 unspecified atom stereocenters. The van der Waals surface area contributed by atoms with Crippen molar-refractivity contribution in [2.45, 2.75) is 27.2 Å². The summed E-state index contributed by atoms with van der Waals surface area (Å²) in [5, 5.41) is 11.1. The number of aryl methyl sites for hydroxylation is 1. The summed E-state index contributed by atoms with van der Waals surface area (Å²) in [4.78, 5) is 33.9. The predicted molar refractivity (Wildman–Crippen MR) is 167 cm³/mol. The van der Waals surface area contributed by atoms with Crippen molar-refractivity contribution in [3.63, 3.8) is 0 Å². The van der Waals surface area contributed by atoms with Crippen LogP contribution in [0.25, 0.3) is 56.0 Å². The lowest BCUT2D eigenvalue weighted by atomic mass is 9.95. The number of rotatable bonds is 7. The maximum absolute atomic E-state index is 14.6. The molecule has 0 spiro atoms. The molecule has 0 radical (unpaired) electrons. The number of anilines is 1. The van der Waals surface area contributed by atoms with Gasteiger partial charge in [-0.1, -0.05) is 20.8 Å². The normalized spacial score (nSPS) is 12.2. The van der Waals surface area contributed by atoms with Gasteiger partial charge >= 0.3 is 0 Å². The van der Waals surface area contributed by atoms with Crippen molar-refractivity contribution in [3.05, 3.63) is 72.6 Å². The van der Waals surface area contributed by atoms with Gasteiger partial charge in [0.25, 0.3) is 0 Å². The lowest BCUT2D eigenvalue weighted by Gasteiger charge is -2.17. The van der Waals surface area contributed by atoms with Crippen LogP contribution in [0.15, 0.2) is 61.2 Å². The van der Waals surface area contributed by atoms with Crippen LogP contribution < -0.4 is 5.32 Å². The van der Waals surface area contributed by atoms with E-state index in [2.05, 4.69) is 35.5 Å². The van der Waals surface area contributed by atoms with E-state index in [1.165, 1.54) is 12.1 Å². The lowest BCUT2D eigenvalue weighted by molar-refractivity contribution is -0.123. The molecule has 0 aliphatic heterocycles. The van der Waals surface area contributed by atoms with Gasteiger partial charge in [-0.3, -0.25) is 24.8 Å². The van der Waals surface area contributed by atoms with Crippen LogP contribution in [-0.2, 0) is 21.1 Å². The van der Waals surface area contributed by atoms with Gasteiger partial charge in [-0.25, -0.2) is 17.8 Å². The molecule has 0 saturated carbocycles. The minimum Gasteiger partial charge on any atom is -0.336 e. The number of hydrogen-bond donors (Lipinski definition) is 3. The summed E-state index contributed by atoms with van der Waals surface area (Å²) in [6.45, 7) is 5.51. The molecular weight excluding hydrogens is 583 g/mol. The van der Waals surface area contributed by atoms with E-state index in [1.54, 1.807) is 36.9 Å². The summed E-state index contributed by atoms with van der Waals surface area (Å²) in [6, 6.07) is 9.87. The molecule has 0 saturated heterocycles. The highest BCUT2D eigenvalue weighted by Crippen LogP contribution is 2.32. The number of fused-ring (bicyclic) bond motifs is 2. The number of carbonyl (C=O) groups excluding carboxylic acids is 1.